The summed E-state index contributed by atoms with van der Waals surface area (Å²) < 4.78 is 16.3. The van der Waals surface area contributed by atoms with Crippen molar-refractivity contribution in [3.8, 4) is 11.5 Å². The van der Waals surface area contributed by atoms with Crippen LogP contribution in [0.2, 0.25) is 0 Å². The van der Waals surface area contributed by atoms with E-state index in [0.29, 0.717) is 30.7 Å². The van der Waals surface area contributed by atoms with E-state index >= 15 is 0 Å². The standard InChI is InChI=1S/C19H34N2O4/c1-15(2)21(4)13-17(22)14-25-19-11-16(7-8-18(19)24-6)12-20(3)9-10-23-5/h7-8,11,15,17,22H,9-10,12-14H2,1-6H3/t17-/m1/s1. The molecular formula is C19H34N2O4. The zero-order valence-corrected chi connectivity index (χ0v) is 16.5. The molecule has 0 aromatic heterocycles. The summed E-state index contributed by atoms with van der Waals surface area (Å²) in [4.78, 5) is 4.27. The SMILES string of the molecule is COCCN(C)Cc1ccc(OC)c(OC[C@H](O)CN(C)C(C)C)c1. The lowest BCUT2D eigenvalue weighted by Gasteiger charge is -2.24. The van der Waals surface area contributed by atoms with Gasteiger partial charge >= 0.3 is 0 Å². The average molecular weight is 354 g/mol. The summed E-state index contributed by atoms with van der Waals surface area (Å²) in [5, 5.41) is 10.2. The number of hydrogen-bond donors (Lipinski definition) is 1. The van der Waals surface area contributed by atoms with Gasteiger partial charge in [0.25, 0.3) is 0 Å². The fourth-order valence-corrected chi connectivity index (χ4v) is 2.35. The number of ether oxygens (including phenoxy) is 3. The largest absolute Gasteiger partial charge is 0.493 e. The molecule has 25 heavy (non-hydrogen) atoms. The minimum absolute atomic E-state index is 0.233. The van der Waals surface area contributed by atoms with E-state index in [4.69, 9.17) is 14.2 Å². The van der Waals surface area contributed by atoms with E-state index < -0.39 is 6.10 Å². The highest BCUT2D eigenvalue weighted by atomic mass is 16.5. The van der Waals surface area contributed by atoms with E-state index in [1.165, 1.54) is 0 Å². The molecule has 1 aromatic rings. The van der Waals surface area contributed by atoms with Crippen LogP contribution in [0.15, 0.2) is 18.2 Å². The van der Waals surface area contributed by atoms with Gasteiger partial charge in [-0.1, -0.05) is 6.07 Å². The number of rotatable bonds is 12. The Kier molecular flexibility index (Phi) is 9.82. The highest BCUT2D eigenvalue weighted by Gasteiger charge is 2.13. The van der Waals surface area contributed by atoms with Crippen molar-refractivity contribution in [3.63, 3.8) is 0 Å². The second-order valence-corrected chi connectivity index (χ2v) is 6.71. The van der Waals surface area contributed by atoms with Gasteiger partial charge in [0.1, 0.15) is 12.7 Å². The Morgan fingerprint density at radius 1 is 1.12 bits per heavy atom. The molecule has 1 N–H and O–H groups in total. The highest BCUT2D eigenvalue weighted by Crippen LogP contribution is 2.28. The van der Waals surface area contributed by atoms with Gasteiger partial charge in [-0.15, -0.1) is 0 Å². The third-order valence-electron chi connectivity index (χ3n) is 4.17. The van der Waals surface area contributed by atoms with Gasteiger partial charge in [0.05, 0.1) is 13.7 Å². The topological polar surface area (TPSA) is 54.4 Å². The third-order valence-corrected chi connectivity index (χ3v) is 4.17. The van der Waals surface area contributed by atoms with Gasteiger partial charge in [0.2, 0.25) is 0 Å². The summed E-state index contributed by atoms with van der Waals surface area (Å²) >= 11 is 0. The van der Waals surface area contributed by atoms with Crippen LogP contribution in [0.1, 0.15) is 19.4 Å². The fraction of sp³-hybridized carbons (Fsp3) is 0.684. The van der Waals surface area contributed by atoms with E-state index in [9.17, 15) is 5.11 Å². The molecule has 0 bridgehead atoms. The highest BCUT2D eigenvalue weighted by molar-refractivity contribution is 5.43. The van der Waals surface area contributed by atoms with Crippen LogP contribution in [0.25, 0.3) is 0 Å². The first-order valence-electron chi connectivity index (χ1n) is 8.72. The molecule has 0 aliphatic carbocycles. The molecule has 0 unspecified atom stereocenters. The van der Waals surface area contributed by atoms with Crippen LogP contribution < -0.4 is 9.47 Å². The zero-order valence-electron chi connectivity index (χ0n) is 16.5. The number of methoxy groups -OCH3 is 2. The molecular weight excluding hydrogens is 320 g/mol. The molecule has 0 radical (unpaired) electrons. The molecule has 0 heterocycles. The molecule has 6 nitrogen and oxygen atoms in total. The van der Waals surface area contributed by atoms with Crippen molar-refractivity contribution in [1.82, 2.24) is 9.80 Å². The average Bonchev–Trinajstić information content (AvgIpc) is 2.58. The lowest BCUT2D eigenvalue weighted by molar-refractivity contribution is 0.0668. The van der Waals surface area contributed by atoms with Crippen LogP contribution in [0.3, 0.4) is 0 Å². The first-order chi connectivity index (χ1) is 11.9. The Morgan fingerprint density at radius 3 is 2.44 bits per heavy atom. The molecule has 0 aliphatic rings. The van der Waals surface area contributed by atoms with Crippen molar-refractivity contribution < 1.29 is 19.3 Å². The molecule has 0 aliphatic heterocycles. The van der Waals surface area contributed by atoms with E-state index in [1.807, 2.05) is 25.2 Å². The number of likely N-dealkylation sites (N-methyl/N-ethyl adjacent to an activating group) is 2. The van der Waals surface area contributed by atoms with E-state index in [2.05, 4.69) is 30.7 Å². The maximum Gasteiger partial charge on any atom is 0.161 e. The van der Waals surface area contributed by atoms with Crippen LogP contribution in [0.5, 0.6) is 11.5 Å². The summed E-state index contributed by atoms with van der Waals surface area (Å²) in [7, 11) is 7.37. The zero-order chi connectivity index (χ0) is 18.8. The molecule has 0 amide bonds. The maximum atomic E-state index is 10.2. The Bertz CT molecular complexity index is 496. The summed E-state index contributed by atoms with van der Waals surface area (Å²) in [6, 6.07) is 6.29. The molecule has 1 aromatic carbocycles. The molecule has 0 spiro atoms. The van der Waals surface area contributed by atoms with E-state index in [1.54, 1.807) is 14.2 Å². The number of aliphatic hydroxyl groups excluding tert-OH is 1. The molecule has 1 atom stereocenters. The van der Waals surface area contributed by atoms with Gasteiger partial charge in [-0.3, -0.25) is 4.90 Å². The second-order valence-electron chi connectivity index (χ2n) is 6.71. The predicted molar refractivity (Wildman–Crippen MR) is 100 cm³/mol. The van der Waals surface area contributed by atoms with Crippen LogP contribution >= 0.6 is 0 Å². The Morgan fingerprint density at radius 2 is 1.84 bits per heavy atom. The van der Waals surface area contributed by atoms with Crippen LogP contribution in [0, 0.1) is 0 Å². The van der Waals surface area contributed by atoms with Crippen molar-refractivity contribution in [2.75, 3.05) is 54.6 Å². The van der Waals surface area contributed by atoms with Gasteiger partial charge in [-0.25, -0.2) is 0 Å². The normalized spacial score (nSPS) is 12.9. The second kappa shape index (κ2) is 11.3. The first-order valence-corrected chi connectivity index (χ1v) is 8.72. The molecule has 0 saturated carbocycles. The van der Waals surface area contributed by atoms with Gasteiger partial charge in [0, 0.05) is 32.8 Å². The van der Waals surface area contributed by atoms with Crippen LogP contribution in [-0.4, -0.2) is 81.7 Å². The van der Waals surface area contributed by atoms with Gasteiger partial charge in [0.15, 0.2) is 11.5 Å². The van der Waals surface area contributed by atoms with Gasteiger partial charge in [-0.2, -0.15) is 0 Å². The number of benzene rings is 1. The first kappa shape index (κ1) is 21.7. The number of nitrogens with zero attached hydrogens (tertiary/aromatic N) is 2. The van der Waals surface area contributed by atoms with E-state index in [0.717, 1.165) is 18.7 Å². The molecule has 1 rings (SSSR count). The Labute approximate surface area is 152 Å². The molecule has 0 saturated heterocycles. The third kappa shape index (κ3) is 8.05. The fourth-order valence-electron chi connectivity index (χ4n) is 2.35. The minimum Gasteiger partial charge on any atom is -0.493 e. The predicted octanol–water partition coefficient (Wildman–Crippen LogP) is 1.85. The number of hydrogen-bond acceptors (Lipinski definition) is 6. The van der Waals surface area contributed by atoms with Crippen molar-refractivity contribution in [3.05, 3.63) is 23.8 Å². The summed E-state index contributed by atoms with van der Waals surface area (Å²) in [5.74, 6) is 1.33. The minimum atomic E-state index is -0.551. The van der Waals surface area contributed by atoms with Gasteiger partial charge < -0.3 is 24.2 Å². The molecule has 6 heteroatoms. The van der Waals surface area contributed by atoms with Crippen LogP contribution in [0.4, 0.5) is 0 Å². The van der Waals surface area contributed by atoms with Crippen LogP contribution in [-0.2, 0) is 11.3 Å². The summed E-state index contributed by atoms with van der Waals surface area (Å²) in [5.41, 5.74) is 1.13. The smallest absolute Gasteiger partial charge is 0.161 e. The van der Waals surface area contributed by atoms with Gasteiger partial charge in [-0.05, 0) is 45.6 Å². The molecule has 0 fully saturated rings. The lowest BCUT2D eigenvalue weighted by atomic mass is 10.2. The summed E-state index contributed by atoms with van der Waals surface area (Å²) in [6.45, 7) is 7.35. The summed E-state index contributed by atoms with van der Waals surface area (Å²) in [6.07, 6.45) is -0.551. The van der Waals surface area contributed by atoms with Crippen molar-refractivity contribution in [2.45, 2.75) is 32.5 Å². The Hall–Kier alpha value is -1.34. The maximum absolute atomic E-state index is 10.2. The quantitative estimate of drug-likeness (QED) is 0.618. The van der Waals surface area contributed by atoms with Crippen molar-refractivity contribution >= 4 is 0 Å². The van der Waals surface area contributed by atoms with E-state index in [-0.39, 0.29) is 6.61 Å². The lowest BCUT2D eigenvalue weighted by Crippen LogP contribution is -2.37. The van der Waals surface area contributed by atoms with Crippen molar-refractivity contribution in [2.24, 2.45) is 0 Å². The number of aliphatic hydroxyl groups is 1. The Balaban J connectivity index is 2.65. The monoisotopic (exact) mass is 354 g/mol. The molecule has 144 valence electrons. The van der Waals surface area contributed by atoms with Crippen molar-refractivity contribution in [1.29, 1.82) is 0 Å².